The minimum absolute atomic E-state index is 0.103. The van der Waals surface area contributed by atoms with Crippen molar-refractivity contribution in [3.8, 4) is 17.9 Å². The fraction of sp³-hybridized carbons (Fsp3) is 0.0714. The van der Waals surface area contributed by atoms with E-state index in [-0.39, 0.29) is 17.5 Å². The van der Waals surface area contributed by atoms with Gasteiger partial charge in [0.15, 0.2) is 0 Å². The monoisotopic (exact) mass is 271 g/mol. The van der Waals surface area contributed by atoms with E-state index in [2.05, 4.69) is 21.8 Å². The highest BCUT2D eigenvalue weighted by molar-refractivity contribution is 6.28. The summed E-state index contributed by atoms with van der Waals surface area (Å²) in [5.41, 5.74) is 1.61. The Morgan fingerprint density at radius 1 is 1.26 bits per heavy atom. The Kier molecular flexibility index (Phi) is 4.07. The van der Waals surface area contributed by atoms with Crippen LogP contribution in [0.3, 0.4) is 0 Å². The summed E-state index contributed by atoms with van der Waals surface area (Å²) in [5.74, 6) is 5.27. The molecule has 0 radical (unpaired) electrons. The number of benzene rings is 1. The molecule has 2 aromatic rings. The third kappa shape index (κ3) is 3.51. The van der Waals surface area contributed by atoms with Crippen LogP contribution in [0.25, 0.3) is 0 Å². The van der Waals surface area contributed by atoms with Crippen LogP contribution < -0.4 is 0 Å². The van der Waals surface area contributed by atoms with E-state index in [1.54, 1.807) is 6.07 Å². The molecule has 0 N–H and O–H groups in total. The molecule has 1 heterocycles. The number of nitrogens with zero attached hydrogens (tertiary/aromatic N) is 3. The molecule has 1 aromatic heterocycles. The van der Waals surface area contributed by atoms with E-state index in [4.69, 9.17) is 16.9 Å². The molecule has 3 nitrogen and oxygen atoms in total. The third-order valence-corrected chi connectivity index (χ3v) is 2.47. The molecule has 19 heavy (non-hydrogen) atoms. The summed E-state index contributed by atoms with van der Waals surface area (Å²) in [6.45, 7) is 0. The highest BCUT2D eigenvalue weighted by Crippen LogP contribution is 2.11. The van der Waals surface area contributed by atoms with Gasteiger partial charge >= 0.3 is 0 Å². The predicted molar refractivity (Wildman–Crippen MR) is 68.7 cm³/mol. The van der Waals surface area contributed by atoms with Crippen molar-refractivity contribution >= 4 is 11.6 Å². The molecule has 5 heteroatoms. The Hall–Kier alpha value is -2.43. The second kappa shape index (κ2) is 5.95. The van der Waals surface area contributed by atoms with Crippen molar-refractivity contribution in [1.29, 1.82) is 5.26 Å². The summed E-state index contributed by atoms with van der Waals surface area (Å²) < 4.78 is 13.1. The zero-order chi connectivity index (χ0) is 13.7. The first kappa shape index (κ1) is 13.0. The molecule has 1 aromatic carbocycles. The zero-order valence-electron chi connectivity index (χ0n) is 9.69. The van der Waals surface area contributed by atoms with Crippen molar-refractivity contribution < 1.29 is 4.39 Å². The lowest BCUT2D eigenvalue weighted by molar-refractivity contribution is 0.626. The summed E-state index contributed by atoms with van der Waals surface area (Å²) >= 11 is 5.65. The summed E-state index contributed by atoms with van der Waals surface area (Å²) in [7, 11) is 0. The lowest BCUT2D eigenvalue weighted by Crippen LogP contribution is -1.91. The first-order chi connectivity index (χ1) is 9.19. The average molecular weight is 272 g/mol. The lowest BCUT2D eigenvalue weighted by atomic mass is 10.1. The van der Waals surface area contributed by atoms with Crippen LogP contribution in [-0.2, 0) is 6.42 Å². The highest BCUT2D eigenvalue weighted by atomic mass is 35.5. The molecule has 0 aliphatic heterocycles. The van der Waals surface area contributed by atoms with Crippen molar-refractivity contribution in [3.05, 3.63) is 58.4 Å². The number of aromatic nitrogens is 2. The van der Waals surface area contributed by atoms with Crippen LogP contribution in [0.1, 0.15) is 16.8 Å². The van der Waals surface area contributed by atoms with E-state index in [0.717, 1.165) is 0 Å². The molecule has 2 rings (SSSR count). The molecule has 0 saturated carbocycles. The molecular weight excluding hydrogens is 265 g/mol. The molecule has 0 saturated heterocycles. The summed E-state index contributed by atoms with van der Waals surface area (Å²) in [4.78, 5) is 7.67. The number of hydrogen-bond acceptors (Lipinski definition) is 3. The van der Waals surface area contributed by atoms with Gasteiger partial charge < -0.3 is 0 Å². The van der Waals surface area contributed by atoms with E-state index in [1.165, 1.54) is 24.4 Å². The van der Waals surface area contributed by atoms with Gasteiger partial charge in [-0.2, -0.15) is 5.26 Å². The van der Waals surface area contributed by atoms with Crippen molar-refractivity contribution in [2.45, 2.75) is 6.42 Å². The minimum atomic E-state index is -0.388. The summed E-state index contributed by atoms with van der Waals surface area (Å²) in [6, 6.07) is 7.74. The zero-order valence-corrected chi connectivity index (χ0v) is 10.4. The molecule has 0 amide bonds. The fourth-order valence-electron chi connectivity index (χ4n) is 1.45. The van der Waals surface area contributed by atoms with E-state index in [9.17, 15) is 4.39 Å². The number of hydrogen-bond donors (Lipinski definition) is 0. The Balaban J connectivity index is 2.37. The molecule has 92 valence electrons. The van der Waals surface area contributed by atoms with Crippen LogP contribution in [0.2, 0.25) is 5.28 Å². The first-order valence-electron chi connectivity index (χ1n) is 5.35. The van der Waals surface area contributed by atoms with E-state index in [1.807, 2.05) is 6.07 Å². The maximum Gasteiger partial charge on any atom is 0.223 e. The van der Waals surface area contributed by atoms with E-state index >= 15 is 0 Å². The van der Waals surface area contributed by atoms with Gasteiger partial charge in [0, 0.05) is 11.8 Å². The van der Waals surface area contributed by atoms with Gasteiger partial charge in [-0.05, 0) is 47.4 Å². The second-order valence-corrected chi connectivity index (χ2v) is 3.94. The third-order valence-electron chi connectivity index (χ3n) is 2.29. The van der Waals surface area contributed by atoms with E-state index in [0.29, 0.717) is 16.8 Å². The fourth-order valence-corrected chi connectivity index (χ4v) is 1.60. The van der Waals surface area contributed by atoms with Crippen molar-refractivity contribution in [2.75, 3.05) is 0 Å². The normalized spacial score (nSPS) is 9.32. The van der Waals surface area contributed by atoms with Gasteiger partial charge in [0.05, 0.1) is 12.5 Å². The summed E-state index contributed by atoms with van der Waals surface area (Å²) in [6.07, 6.45) is 1.60. The van der Waals surface area contributed by atoms with Gasteiger partial charge in [-0.25, -0.2) is 14.4 Å². The van der Waals surface area contributed by atoms with E-state index < -0.39 is 0 Å². The molecule has 0 aliphatic rings. The summed E-state index contributed by atoms with van der Waals surface area (Å²) in [5, 5.41) is 8.81. The Morgan fingerprint density at radius 2 is 2.11 bits per heavy atom. The van der Waals surface area contributed by atoms with Crippen LogP contribution in [0.15, 0.2) is 30.5 Å². The largest absolute Gasteiger partial charge is 0.226 e. The smallest absolute Gasteiger partial charge is 0.223 e. The van der Waals surface area contributed by atoms with Gasteiger partial charge in [0.1, 0.15) is 11.5 Å². The van der Waals surface area contributed by atoms with Crippen LogP contribution in [0.5, 0.6) is 0 Å². The molecule has 0 fully saturated rings. The van der Waals surface area contributed by atoms with Gasteiger partial charge in [0.25, 0.3) is 0 Å². The van der Waals surface area contributed by atoms with Gasteiger partial charge in [-0.1, -0.05) is 5.92 Å². The van der Waals surface area contributed by atoms with Crippen molar-refractivity contribution in [3.63, 3.8) is 0 Å². The lowest BCUT2D eigenvalue weighted by Gasteiger charge is -1.99. The predicted octanol–water partition coefficient (Wildman–Crippen LogP) is 2.73. The topological polar surface area (TPSA) is 49.6 Å². The number of nitriles is 1. The number of halogens is 2. The standard InChI is InChI=1S/C14H7ClFN3/c15-14-18-8-6-13(19-14)4-2-10-1-3-12(16)9-11(10)5-7-17/h1,3,6,8-9H,5H2. The average Bonchev–Trinajstić information content (AvgIpc) is 2.38. The molecular formula is C14H7ClFN3. The Labute approximate surface area is 114 Å². The minimum Gasteiger partial charge on any atom is -0.226 e. The van der Waals surface area contributed by atoms with Gasteiger partial charge in [0.2, 0.25) is 5.28 Å². The maximum atomic E-state index is 13.1. The highest BCUT2D eigenvalue weighted by Gasteiger charge is 2.01. The molecule has 0 bridgehead atoms. The van der Waals surface area contributed by atoms with Gasteiger partial charge in [-0.15, -0.1) is 0 Å². The van der Waals surface area contributed by atoms with Crippen LogP contribution in [-0.4, -0.2) is 9.97 Å². The van der Waals surface area contributed by atoms with Gasteiger partial charge in [-0.3, -0.25) is 0 Å². The molecule has 0 unspecified atom stereocenters. The SMILES string of the molecule is N#CCc1cc(F)ccc1C#Cc1ccnc(Cl)n1. The number of rotatable bonds is 1. The van der Waals surface area contributed by atoms with Crippen molar-refractivity contribution in [1.82, 2.24) is 9.97 Å². The van der Waals surface area contributed by atoms with Crippen LogP contribution in [0.4, 0.5) is 4.39 Å². The Bertz CT molecular complexity index is 711. The Morgan fingerprint density at radius 3 is 2.84 bits per heavy atom. The first-order valence-corrected chi connectivity index (χ1v) is 5.73. The van der Waals surface area contributed by atoms with Crippen LogP contribution >= 0.6 is 11.6 Å². The maximum absolute atomic E-state index is 13.1. The van der Waals surface area contributed by atoms with Crippen LogP contribution in [0, 0.1) is 29.0 Å². The molecule has 0 spiro atoms. The quantitative estimate of drug-likeness (QED) is 0.592. The van der Waals surface area contributed by atoms with Crippen molar-refractivity contribution in [2.24, 2.45) is 0 Å². The molecule has 0 aliphatic carbocycles. The molecule has 0 atom stereocenters. The second-order valence-electron chi connectivity index (χ2n) is 3.60.